The average molecular weight is 380 g/mol. The van der Waals surface area contributed by atoms with Crippen LogP contribution in [0, 0.1) is 5.82 Å². The molecule has 0 saturated carbocycles. The fourth-order valence-corrected chi connectivity index (χ4v) is 2.35. The molecule has 0 atom stereocenters. The summed E-state index contributed by atoms with van der Waals surface area (Å²) in [6.07, 6.45) is 3.29. The molecule has 0 aliphatic heterocycles. The summed E-state index contributed by atoms with van der Waals surface area (Å²) in [6, 6.07) is 9.84. The van der Waals surface area contributed by atoms with Crippen molar-refractivity contribution in [3.8, 4) is 11.4 Å². The molecular weight excluding hydrogens is 371 g/mol. The SMILES string of the molecule is Fc1cc(Br)ccc1Nc1cc(Cl)nc(-c2cccnc2)n1. The van der Waals surface area contributed by atoms with E-state index in [0.717, 1.165) is 5.56 Å². The first kappa shape index (κ1) is 14.9. The van der Waals surface area contributed by atoms with Gasteiger partial charge in [-0.25, -0.2) is 14.4 Å². The van der Waals surface area contributed by atoms with Crippen LogP contribution in [0.25, 0.3) is 11.4 Å². The molecule has 0 fully saturated rings. The number of pyridine rings is 1. The Hall–Kier alpha value is -2.05. The molecule has 0 amide bonds. The Labute approximate surface area is 139 Å². The standard InChI is InChI=1S/C15H9BrClFN4/c16-10-3-4-12(11(18)6-10)20-14-7-13(17)21-15(22-14)9-2-1-5-19-8-9/h1-8H,(H,20,21,22). The number of rotatable bonds is 3. The van der Waals surface area contributed by atoms with Crippen molar-refractivity contribution >= 4 is 39.0 Å². The molecule has 110 valence electrons. The molecule has 0 aliphatic carbocycles. The molecular formula is C15H9BrClFN4. The summed E-state index contributed by atoms with van der Waals surface area (Å²) in [4.78, 5) is 12.5. The maximum absolute atomic E-state index is 13.9. The zero-order chi connectivity index (χ0) is 15.5. The van der Waals surface area contributed by atoms with Gasteiger partial charge in [-0.1, -0.05) is 27.5 Å². The minimum absolute atomic E-state index is 0.258. The summed E-state index contributed by atoms with van der Waals surface area (Å²) in [5, 5.41) is 3.16. The highest BCUT2D eigenvalue weighted by molar-refractivity contribution is 9.10. The van der Waals surface area contributed by atoms with Crippen LogP contribution in [0.3, 0.4) is 0 Å². The zero-order valence-corrected chi connectivity index (χ0v) is 13.4. The molecule has 0 unspecified atom stereocenters. The Kier molecular flexibility index (Phi) is 4.31. The summed E-state index contributed by atoms with van der Waals surface area (Å²) in [7, 11) is 0. The minimum atomic E-state index is -0.396. The quantitative estimate of drug-likeness (QED) is 0.662. The van der Waals surface area contributed by atoms with Crippen molar-refractivity contribution in [1.82, 2.24) is 15.0 Å². The largest absolute Gasteiger partial charge is 0.338 e. The molecule has 0 aliphatic rings. The second-order valence-electron chi connectivity index (χ2n) is 4.39. The van der Waals surface area contributed by atoms with Gasteiger partial charge in [0.15, 0.2) is 5.82 Å². The van der Waals surface area contributed by atoms with Crippen molar-refractivity contribution in [3.63, 3.8) is 0 Å². The third-order valence-electron chi connectivity index (χ3n) is 2.81. The first-order valence-corrected chi connectivity index (χ1v) is 7.46. The number of nitrogens with zero attached hydrogens (tertiary/aromatic N) is 3. The lowest BCUT2D eigenvalue weighted by Crippen LogP contribution is -1.99. The van der Waals surface area contributed by atoms with Gasteiger partial charge in [0, 0.05) is 28.5 Å². The van der Waals surface area contributed by atoms with Crippen LogP contribution in [-0.2, 0) is 0 Å². The van der Waals surface area contributed by atoms with Gasteiger partial charge in [0.05, 0.1) is 5.69 Å². The monoisotopic (exact) mass is 378 g/mol. The van der Waals surface area contributed by atoms with Gasteiger partial charge in [-0.05, 0) is 30.3 Å². The molecule has 1 aromatic carbocycles. The Morgan fingerprint density at radius 1 is 1.14 bits per heavy atom. The molecule has 4 nitrogen and oxygen atoms in total. The second-order valence-corrected chi connectivity index (χ2v) is 5.69. The van der Waals surface area contributed by atoms with E-state index in [4.69, 9.17) is 11.6 Å². The Balaban J connectivity index is 1.96. The van der Waals surface area contributed by atoms with E-state index in [2.05, 4.69) is 36.2 Å². The highest BCUT2D eigenvalue weighted by Gasteiger charge is 2.08. The van der Waals surface area contributed by atoms with Gasteiger partial charge in [0.2, 0.25) is 0 Å². The van der Waals surface area contributed by atoms with Gasteiger partial charge in [-0.15, -0.1) is 0 Å². The molecule has 0 radical (unpaired) electrons. The number of aromatic nitrogens is 3. The van der Waals surface area contributed by atoms with E-state index in [1.807, 2.05) is 6.07 Å². The molecule has 0 saturated heterocycles. The summed E-state index contributed by atoms with van der Waals surface area (Å²) < 4.78 is 14.5. The number of halogens is 3. The van der Waals surface area contributed by atoms with Gasteiger partial charge in [-0.2, -0.15) is 0 Å². The van der Waals surface area contributed by atoms with Crippen LogP contribution in [0.15, 0.2) is 53.3 Å². The highest BCUT2D eigenvalue weighted by Crippen LogP contribution is 2.25. The van der Waals surface area contributed by atoms with Gasteiger partial charge >= 0.3 is 0 Å². The van der Waals surface area contributed by atoms with Gasteiger partial charge in [0.25, 0.3) is 0 Å². The lowest BCUT2D eigenvalue weighted by molar-refractivity contribution is 0.631. The Morgan fingerprint density at radius 2 is 2.00 bits per heavy atom. The van der Waals surface area contributed by atoms with E-state index in [1.165, 1.54) is 12.1 Å². The smallest absolute Gasteiger partial charge is 0.164 e. The van der Waals surface area contributed by atoms with E-state index < -0.39 is 5.82 Å². The predicted octanol–water partition coefficient (Wildman–Crippen LogP) is 4.84. The minimum Gasteiger partial charge on any atom is -0.338 e. The summed E-state index contributed by atoms with van der Waals surface area (Å²) in [5.41, 5.74) is 1.03. The molecule has 0 bridgehead atoms. The van der Waals surface area contributed by atoms with E-state index in [1.54, 1.807) is 30.6 Å². The third-order valence-corrected chi connectivity index (χ3v) is 3.50. The summed E-state index contributed by atoms with van der Waals surface area (Å²) >= 11 is 9.23. The average Bonchev–Trinajstić information content (AvgIpc) is 2.50. The van der Waals surface area contributed by atoms with Gasteiger partial charge in [0.1, 0.15) is 16.8 Å². The second kappa shape index (κ2) is 6.37. The third kappa shape index (κ3) is 3.40. The zero-order valence-electron chi connectivity index (χ0n) is 11.1. The fourth-order valence-electron chi connectivity index (χ4n) is 1.83. The van der Waals surface area contributed by atoms with E-state index in [-0.39, 0.29) is 5.15 Å². The first-order valence-electron chi connectivity index (χ1n) is 6.29. The lowest BCUT2D eigenvalue weighted by Gasteiger charge is -2.09. The van der Waals surface area contributed by atoms with Crippen LogP contribution in [-0.4, -0.2) is 15.0 Å². The van der Waals surface area contributed by atoms with Crippen molar-refractivity contribution in [1.29, 1.82) is 0 Å². The van der Waals surface area contributed by atoms with Crippen molar-refractivity contribution in [3.05, 3.63) is 64.2 Å². The lowest BCUT2D eigenvalue weighted by atomic mass is 10.2. The number of hydrogen-bond acceptors (Lipinski definition) is 4. The first-order chi connectivity index (χ1) is 10.6. The molecule has 22 heavy (non-hydrogen) atoms. The van der Waals surface area contributed by atoms with Gasteiger partial charge in [-0.3, -0.25) is 4.98 Å². The summed E-state index contributed by atoms with van der Waals surface area (Å²) in [6.45, 7) is 0. The van der Waals surface area contributed by atoms with Crippen molar-refractivity contribution in [2.24, 2.45) is 0 Å². The molecule has 0 spiro atoms. The Morgan fingerprint density at radius 3 is 2.73 bits per heavy atom. The molecule has 2 aromatic heterocycles. The topological polar surface area (TPSA) is 50.7 Å². The van der Waals surface area contributed by atoms with Crippen LogP contribution < -0.4 is 5.32 Å². The maximum atomic E-state index is 13.9. The summed E-state index contributed by atoms with van der Waals surface area (Å²) in [5.74, 6) is 0.424. The van der Waals surface area contributed by atoms with E-state index >= 15 is 0 Å². The Bertz CT molecular complexity index is 814. The van der Waals surface area contributed by atoms with Crippen LogP contribution in [0.2, 0.25) is 5.15 Å². The molecule has 2 heterocycles. The van der Waals surface area contributed by atoms with Crippen molar-refractivity contribution in [2.75, 3.05) is 5.32 Å². The maximum Gasteiger partial charge on any atom is 0.164 e. The van der Waals surface area contributed by atoms with Crippen LogP contribution in [0.1, 0.15) is 0 Å². The number of benzene rings is 1. The van der Waals surface area contributed by atoms with Crippen LogP contribution in [0.4, 0.5) is 15.9 Å². The normalized spacial score (nSPS) is 10.5. The number of nitrogens with one attached hydrogen (secondary N) is 1. The molecule has 7 heteroatoms. The fraction of sp³-hybridized carbons (Fsp3) is 0. The van der Waals surface area contributed by atoms with Crippen LogP contribution >= 0.6 is 27.5 Å². The van der Waals surface area contributed by atoms with Crippen molar-refractivity contribution < 1.29 is 4.39 Å². The molecule has 3 rings (SSSR count). The van der Waals surface area contributed by atoms with E-state index in [0.29, 0.717) is 21.8 Å². The van der Waals surface area contributed by atoms with E-state index in [9.17, 15) is 4.39 Å². The predicted molar refractivity (Wildman–Crippen MR) is 87.7 cm³/mol. The number of anilines is 2. The van der Waals surface area contributed by atoms with Gasteiger partial charge < -0.3 is 5.32 Å². The number of hydrogen-bond donors (Lipinski definition) is 1. The van der Waals surface area contributed by atoms with Crippen molar-refractivity contribution in [2.45, 2.75) is 0 Å². The highest BCUT2D eigenvalue weighted by atomic mass is 79.9. The molecule has 3 aromatic rings. The van der Waals surface area contributed by atoms with Crippen LogP contribution in [0.5, 0.6) is 0 Å². The molecule has 1 N–H and O–H groups in total.